The molecule has 0 bridgehead atoms. The van der Waals surface area contributed by atoms with Crippen molar-refractivity contribution in [2.24, 2.45) is 5.10 Å². The van der Waals surface area contributed by atoms with E-state index in [-0.39, 0.29) is 4.90 Å². The number of anilines is 1. The average Bonchev–Trinajstić information content (AvgIpc) is 2.80. The summed E-state index contributed by atoms with van der Waals surface area (Å²) >= 11 is 7.77. The number of hydrogen-bond acceptors (Lipinski definition) is 5. The van der Waals surface area contributed by atoms with E-state index in [0.29, 0.717) is 16.3 Å². The maximum Gasteiger partial charge on any atom is 0.264 e. The fourth-order valence-corrected chi connectivity index (χ4v) is 5.07. The third-order valence-electron chi connectivity index (χ3n) is 4.85. The lowest BCUT2D eigenvalue weighted by atomic mass is 10.2. The Hall–Kier alpha value is -2.81. The summed E-state index contributed by atoms with van der Waals surface area (Å²) in [6, 6.07) is 19.0. The molecule has 172 valence electrons. The van der Waals surface area contributed by atoms with Gasteiger partial charge in [-0.3, -0.25) is 9.10 Å². The Balaban J connectivity index is 1.86. The topological polar surface area (TPSA) is 78.8 Å². The monoisotopic (exact) mass is 501 g/mol. The first-order chi connectivity index (χ1) is 15.7. The van der Waals surface area contributed by atoms with Crippen molar-refractivity contribution in [3.8, 4) is 0 Å². The lowest BCUT2D eigenvalue weighted by Gasteiger charge is -2.25. The molecular formula is C24H24ClN3O3S2. The summed E-state index contributed by atoms with van der Waals surface area (Å²) in [5, 5.41) is 4.34. The maximum atomic E-state index is 13.5. The van der Waals surface area contributed by atoms with E-state index in [2.05, 4.69) is 10.5 Å². The van der Waals surface area contributed by atoms with E-state index in [4.69, 9.17) is 11.6 Å². The number of sulfonamides is 1. The number of carbonyl (C=O) groups is 1. The van der Waals surface area contributed by atoms with E-state index in [1.165, 1.54) is 24.4 Å². The van der Waals surface area contributed by atoms with Crippen molar-refractivity contribution in [1.29, 1.82) is 0 Å². The standard InChI is InChI=1S/C24H24ClN3O3S2/c1-17-4-12-22(13-5-17)33(30,31)28(23-14-20(25)9-6-18(23)2)16-24(29)27-26-15-19-7-10-21(32-3)11-8-19/h4-15H,16H2,1-3H3,(H,27,29)/b26-15-. The highest BCUT2D eigenvalue weighted by Crippen LogP contribution is 2.29. The summed E-state index contributed by atoms with van der Waals surface area (Å²) in [7, 11) is -4.03. The summed E-state index contributed by atoms with van der Waals surface area (Å²) in [4.78, 5) is 13.9. The Labute approximate surface area is 203 Å². The van der Waals surface area contributed by atoms with E-state index in [0.717, 1.165) is 20.3 Å². The van der Waals surface area contributed by atoms with E-state index < -0.39 is 22.5 Å². The molecule has 6 nitrogen and oxygen atoms in total. The zero-order valence-electron chi connectivity index (χ0n) is 18.4. The number of hydrazone groups is 1. The van der Waals surface area contributed by atoms with Gasteiger partial charge in [0.1, 0.15) is 6.54 Å². The molecule has 1 N–H and O–H groups in total. The summed E-state index contributed by atoms with van der Waals surface area (Å²) < 4.78 is 28.0. The van der Waals surface area contributed by atoms with Gasteiger partial charge in [0.15, 0.2) is 0 Å². The normalized spacial score (nSPS) is 11.5. The molecule has 0 unspecified atom stereocenters. The molecule has 3 aromatic rings. The van der Waals surface area contributed by atoms with Gasteiger partial charge in [0, 0.05) is 9.92 Å². The van der Waals surface area contributed by atoms with Gasteiger partial charge in [-0.05, 0) is 67.6 Å². The molecule has 0 aliphatic rings. The average molecular weight is 502 g/mol. The molecule has 0 saturated heterocycles. The summed E-state index contributed by atoms with van der Waals surface area (Å²) in [6.45, 7) is 3.17. The zero-order chi connectivity index (χ0) is 24.0. The van der Waals surface area contributed by atoms with Crippen molar-refractivity contribution in [1.82, 2.24) is 5.43 Å². The Morgan fingerprint density at radius 3 is 2.36 bits per heavy atom. The number of hydrogen-bond donors (Lipinski definition) is 1. The Bertz CT molecular complexity index is 1260. The summed E-state index contributed by atoms with van der Waals surface area (Å²) in [5.41, 5.74) is 5.14. The SMILES string of the molecule is CSc1ccc(/C=N\NC(=O)CN(c2cc(Cl)ccc2C)S(=O)(=O)c2ccc(C)cc2)cc1. The van der Waals surface area contributed by atoms with Gasteiger partial charge in [-0.25, -0.2) is 13.8 Å². The molecule has 33 heavy (non-hydrogen) atoms. The van der Waals surface area contributed by atoms with E-state index >= 15 is 0 Å². The predicted molar refractivity (Wildman–Crippen MR) is 136 cm³/mol. The third kappa shape index (κ3) is 6.37. The van der Waals surface area contributed by atoms with Gasteiger partial charge in [-0.2, -0.15) is 5.10 Å². The number of nitrogens with one attached hydrogen (secondary N) is 1. The maximum absolute atomic E-state index is 13.5. The highest BCUT2D eigenvalue weighted by Gasteiger charge is 2.28. The molecule has 0 saturated carbocycles. The molecule has 0 radical (unpaired) electrons. The minimum absolute atomic E-state index is 0.0812. The Morgan fingerprint density at radius 1 is 1.06 bits per heavy atom. The van der Waals surface area contributed by atoms with Crippen LogP contribution in [0.4, 0.5) is 5.69 Å². The number of amides is 1. The van der Waals surface area contributed by atoms with Gasteiger partial charge in [-0.15, -0.1) is 11.8 Å². The highest BCUT2D eigenvalue weighted by atomic mass is 35.5. The minimum Gasteiger partial charge on any atom is -0.271 e. The number of thioether (sulfide) groups is 1. The summed E-state index contributed by atoms with van der Waals surface area (Å²) in [5.74, 6) is -0.581. The predicted octanol–water partition coefficient (Wildman–Crippen LogP) is 5.02. The molecule has 9 heteroatoms. The second-order valence-corrected chi connectivity index (χ2v) is 10.5. The van der Waals surface area contributed by atoms with Gasteiger partial charge in [-0.1, -0.05) is 47.5 Å². The number of carbonyl (C=O) groups excluding carboxylic acids is 1. The smallest absolute Gasteiger partial charge is 0.264 e. The van der Waals surface area contributed by atoms with Gasteiger partial charge < -0.3 is 0 Å². The van der Waals surface area contributed by atoms with Crippen LogP contribution < -0.4 is 9.73 Å². The molecule has 1 amide bonds. The molecule has 0 atom stereocenters. The molecule has 3 aromatic carbocycles. The van der Waals surface area contributed by atoms with E-state index in [9.17, 15) is 13.2 Å². The van der Waals surface area contributed by atoms with Crippen molar-refractivity contribution in [3.05, 3.63) is 88.4 Å². The fraction of sp³-hybridized carbons (Fsp3) is 0.167. The fourth-order valence-electron chi connectivity index (χ4n) is 3.02. The largest absolute Gasteiger partial charge is 0.271 e. The van der Waals surface area contributed by atoms with Crippen LogP contribution in [0.25, 0.3) is 0 Å². The first-order valence-corrected chi connectivity index (χ1v) is 13.1. The molecule has 0 fully saturated rings. The number of nitrogens with zero attached hydrogens (tertiary/aromatic N) is 2. The number of rotatable bonds is 8. The van der Waals surface area contributed by atoms with Gasteiger partial charge in [0.2, 0.25) is 0 Å². The first kappa shape index (κ1) is 24.8. The van der Waals surface area contributed by atoms with Crippen LogP contribution >= 0.6 is 23.4 Å². The van der Waals surface area contributed by atoms with Crippen molar-refractivity contribution < 1.29 is 13.2 Å². The lowest BCUT2D eigenvalue weighted by molar-refractivity contribution is -0.119. The van der Waals surface area contributed by atoms with Gasteiger partial charge in [0.05, 0.1) is 16.8 Å². The molecule has 0 aliphatic carbocycles. The van der Waals surface area contributed by atoms with Crippen LogP contribution in [-0.2, 0) is 14.8 Å². The number of benzene rings is 3. The molecule has 0 heterocycles. The molecular weight excluding hydrogens is 478 g/mol. The molecule has 3 rings (SSSR count). The van der Waals surface area contributed by atoms with Crippen LogP contribution in [0.15, 0.2) is 81.6 Å². The van der Waals surface area contributed by atoms with Crippen LogP contribution in [-0.4, -0.2) is 33.3 Å². The quantitative estimate of drug-likeness (QED) is 0.267. The van der Waals surface area contributed by atoms with Crippen molar-refractivity contribution in [2.45, 2.75) is 23.6 Å². The molecule has 0 spiro atoms. The number of halogens is 1. The zero-order valence-corrected chi connectivity index (χ0v) is 20.8. The van der Waals surface area contributed by atoms with E-state index in [1.807, 2.05) is 37.4 Å². The number of aryl methyl sites for hydroxylation is 2. The van der Waals surface area contributed by atoms with Crippen LogP contribution in [0.1, 0.15) is 16.7 Å². The first-order valence-electron chi connectivity index (χ1n) is 10.0. The second-order valence-electron chi connectivity index (χ2n) is 7.32. The summed E-state index contributed by atoms with van der Waals surface area (Å²) in [6.07, 6.45) is 3.49. The molecule has 0 aromatic heterocycles. The Morgan fingerprint density at radius 2 is 1.73 bits per heavy atom. The minimum atomic E-state index is -4.03. The van der Waals surface area contributed by atoms with Crippen molar-refractivity contribution >= 4 is 51.2 Å². The van der Waals surface area contributed by atoms with Crippen LogP contribution in [0.5, 0.6) is 0 Å². The van der Waals surface area contributed by atoms with Gasteiger partial charge in [0.25, 0.3) is 15.9 Å². The van der Waals surface area contributed by atoms with Crippen LogP contribution in [0, 0.1) is 13.8 Å². The van der Waals surface area contributed by atoms with Crippen molar-refractivity contribution in [3.63, 3.8) is 0 Å². The third-order valence-corrected chi connectivity index (χ3v) is 7.61. The van der Waals surface area contributed by atoms with Crippen molar-refractivity contribution in [2.75, 3.05) is 17.1 Å². The van der Waals surface area contributed by atoms with Crippen LogP contribution in [0.3, 0.4) is 0 Å². The van der Waals surface area contributed by atoms with E-state index in [1.54, 1.807) is 43.0 Å². The second kappa shape index (κ2) is 10.9. The Kier molecular flexibility index (Phi) is 8.18. The van der Waals surface area contributed by atoms with Gasteiger partial charge >= 0.3 is 0 Å². The van der Waals surface area contributed by atoms with Crippen LogP contribution in [0.2, 0.25) is 5.02 Å². The molecule has 0 aliphatic heterocycles. The highest BCUT2D eigenvalue weighted by molar-refractivity contribution is 7.98. The lowest BCUT2D eigenvalue weighted by Crippen LogP contribution is -2.40.